The van der Waals surface area contributed by atoms with Gasteiger partial charge in [0.05, 0.1) is 0 Å². The van der Waals surface area contributed by atoms with Crippen LogP contribution in [0, 0.1) is 5.92 Å². The van der Waals surface area contributed by atoms with Crippen LogP contribution in [0.2, 0.25) is 0 Å². The van der Waals surface area contributed by atoms with E-state index in [4.69, 9.17) is 11.6 Å². The van der Waals surface area contributed by atoms with Crippen LogP contribution in [-0.4, -0.2) is 5.24 Å². The number of rotatable bonds is 10. The molecule has 0 rings (SSSR count). The lowest BCUT2D eigenvalue weighted by molar-refractivity contribution is -0.112. The molecule has 0 bridgehead atoms. The molecule has 2 heteroatoms. The summed E-state index contributed by atoms with van der Waals surface area (Å²) in [7, 11) is 0. The van der Waals surface area contributed by atoms with Crippen LogP contribution in [0.4, 0.5) is 0 Å². The monoisotopic (exact) mass is 232 g/mol. The summed E-state index contributed by atoms with van der Waals surface area (Å²) in [4.78, 5) is 10.9. The molecule has 0 atom stereocenters. The van der Waals surface area contributed by atoms with Gasteiger partial charge in [0.2, 0.25) is 5.24 Å². The molecule has 0 unspecified atom stereocenters. The van der Waals surface area contributed by atoms with Crippen molar-refractivity contribution in [3.05, 3.63) is 0 Å². The Labute approximate surface area is 99.6 Å². The predicted octanol–water partition coefficient (Wildman–Crippen LogP) is 4.92. The second kappa shape index (κ2) is 10.5. The van der Waals surface area contributed by atoms with Crippen molar-refractivity contribution in [1.29, 1.82) is 0 Å². The molecule has 0 radical (unpaired) electrons. The molecule has 0 saturated carbocycles. The van der Waals surface area contributed by atoms with Crippen LogP contribution >= 0.6 is 11.6 Å². The number of carbonyl (C=O) groups is 1. The van der Waals surface area contributed by atoms with Crippen LogP contribution in [0.5, 0.6) is 0 Å². The molecule has 0 amide bonds. The topological polar surface area (TPSA) is 17.1 Å². The van der Waals surface area contributed by atoms with Crippen molar-refractivity contribution in [3.63, 3.8) is 0 Å². The highest BCUT2D eigenvalue weighted by atomic mass is 35.5. The van der Waals surface area contributed by atoms with Crippen molar-refractivity contribution < 1.29 is 4.79 Å². The molecular weight excluding hydrogens is 208 g/mol. The molecule has 0 saturated heterocycles. The Hall–Kier alpha value is -0.0400. The third-order valence-corrected chi connectivity index (χ3v) is 3.04. The average molecular weight is 233 g/mol. The van der Waals surface area contributed by atoms with Gasteiger partial charge in [-0.25, -0.2) is 0 Å². The number of hydrogen-bond acceptors (Lipinski definition) is 1. The van der Waals surface area contributed by atoms with Gasteiger partial charge < -0.3 is 0 Å². The van der Waals surface area contributed by atoms with Crippen molar-refractivity contribution >= 4 is 16.8 Å². The van der Waals surface area contributed by atoms with Gasteiger partial charge in [0.15, 0.2) is 0 Å². The van der Waals surface area contributed by atoms with Gasteiger partial charge >= 0.3 is 0 Å². The highest BCUT2D eigenvalue weighted by molar-refractivity contribution is 6.63. The first-order valence-electron chi connectivity index (χ1n) is 6.39. The van der Waals surface area contributed by atoms with E-state index >= 15 is 0 Å². The van der Waals surface area contributed by atoms with Gasteiger partial charge in [0.25, 0.3) is 0 Å². The number of carbonyl (C=O) groups excluding carboxylic acids is 1. The molecule has 0 spiro atoms. The van der Waals surface area contributed by atoms with E-state index in [1.54, 1.807) is 0 Å². The Balaban J connectivity index is 3.68. The number of halogens is 1. The molecule has 90 valence electrons. The van der Waals surface area contributed by atoms with Gasteiger partial charge in [0, 0.05) is 6.42 Å². The van der Waals surface area contributed by atoms with Crippen LogP contribution in [0.1, 0.15) is 71.6 Å². The predicted molar refractivity (Wildman–Crippen MR) is 67.3 cm³/mol. The van der Waals surface area contributed by atoms with E-state index in [1.807, 2.05) is 0 Å². The molecule has 0 N–H and O–H groups in total. The van der Waals surface area contributed by atoms with E-state index in [0.717, 1.165) is 0 Å². The van der Waals surface area contributed by atoms with Gasteiger partial charge in [-0.15, -0.1) is 0 Å². The van der Waals surface area contributed by atoms with E-state index < -0.39 is 0 Å². The molecule has 0 aromatic heterocycles. The fourth-order valence-corrected chi connectivity index (χ4v) is 2.16. The van der Waals surface area contributed by atoms with Crippen molar-refractivity contribution in [2.45, 2.75) is 71.6 Å². The molecule has 15 heavy (non-hydrogen) atoms. The lowest BCUT2D eigenvalue weighted by atomic mass is 9.92. The SMILES string of the molecule is CCCCCC(CCCCC)CC(=O)Cl. The van der Waals surface area contributed by atoms with Crippen LogP contribution in [-0.2, 0) is 4.79 Å². The summed E-state index contributed by atoms with van der Waals surface area (Å²) in [6, 6.07) is 0. The highest BCUT2D eigenvalue weighted by Gasteiger charge is 2.11. The maximum absolute atomic E-state index is 10.9. The van der Waals surface area contributed by atoms with E-state index in [-0.39, 0.29) is 5.24 Å². The largest absolute Gasteiger partial charge is 0.281 e. The van der Waals surface area contributed by atoms with Crippen LogP contribution in [0.3, 0.4) is 0 Å². The van der Waals surface area contributed by atoms with E-state index in [9.17, 15) is 4.79 Å². The quantitative estimate of drug-likeness (QED) is 0.386. The summed E-state index contributed by atoms with van der Waals surface area (Å²) >= 11 is 5.46. The van der Waals surface area contributed by atoms with Gasteiger partial charge in [-0.2, -0.15) is 0 Å². The Bertz CT molecular complexity index is 147. The zero-order valence-corrected chi connectivity index (χ0v) is 11.0. The molecule has 0 fully saturated rings. The maximum Gasteiger partial charge on any atom is 0.221 e. The molecule has 0 aliphatic carbocycles. The van der Waals surface area contributed by atoms with Gasteiger partial charge in [-0.05, 0) is 30.4 Å². The fraction of sp³-hybridized carbons (Fsp3) is 0.923. The van der Waals surface area contributed by atoms with Crippen LogP contribution in [0.15, 0.2) is 0 Å². The second-order valence-corrected chi connectivity index (χ2v) is 4.84. The molecule has 1 nitrogen and oxygen atoms in total. The average Bonchev–Trinajstić information content (AvgIpc) is 2.17. The Morgan fingerprint density at radius 1 is 1.00 bits per heavy atom. The summed E-state index contributed by atoms with van der Waals surface area (Å²) in [5, 5.41) is -0.159. The van der Waals surface area contributed by atoms with E-state index in [1.165, 1.54) is 51.4 Å². The summed E-state index contributed by atoms with van der Waals surface area (Å²) in [5.74, 6) is 0.535. The Kier molecular flexibility index (Phi) is 10.4. The van der Waals surface area contributed by atoms with Gasteiger partial charge in [-0.3, -0.25) is 4.79 Å². The zero-order chi connectivity index (χ0) is 11.5. The summed E-state index contributed by atoms with van der Waals surface area (Å²) in [6.07, 6.45) is 10.5. The fourth-order valence-electron chi connectivity index (χ4n) is 1.94. The number of hydrogen-bond donors (Lipinski definition) is 0. The molecular formula is C13H25ClO. The summed E-state index contributed by atoms with van der Waals surface area (Å²) in [6.45, 7) is 4.41. The standard InChI is InChI=1S/C13H25ClO/c1-3-5-7-9-12(11-13(14)15)10-8-6-4-2/h12H,3-11H2,1-2H3. The van der Waals surface area contributed by atoms with Crippen molar-refractivity contribution in [3.8, 4) is 0 Å². The third kappa shape index (κ3) is 10.2. The normalized spacial score (nSPS) is 10.9. The second-order valence-electron chi connectivity index (χ2n) is 4.42. The summed E-state index contributed by atoms with van der Waals surface area (Å²) < 4.78 is 0. The van der Waals surface area contributed by atoms with Crippen molar-refractivity contribution in [2.24, 2.45) is 5.92 Å². The van der Waals surface area contributed by atoms with Gasteiger partial charge in [-0.1, -0.05) is 52.4 Å². The van der Waals surface area contributed by atoms with E-state index in [2.05, 4.69) is 13.8 Å². The van der Waals surface area contributed by atoms with Crippen molar-refractivity contribution in [1.82, 2.24) is 0 Å². The molecule has 0 aliphatic rings. The van der Waals surface area contributed by atoms with Crippen LogP contribution < -0.4 is 0 Å². The lowest BCUT2D eigenvalue weighted by Crippen LogP contribution is -2.05. The minimum absolute atomic E-state index is 0.159. The highest BCUT2D eigenvalue weighted by Crippen LogP contribution is 2.21. The lowest BCUT2D eigenvalue weighted by Gasteiger charge is -2.14. The van der Waals surface area contributed by atoms with E-state index in [0.29, 0.717) is 12.3 Å². The first-order valence-corrected chi connectivity index (χ1v) is 6.76. The molecule has 0 aromatic carbocycles. The maximum atomic E-state index is 10.9. The zero-order valence-electron chi connectivity index (χ0n) is 10.2. The minimum Gasteiger partial charge on any atom is -0.281 e. The first kappa shape index (κ1) is 15.0. The van der Waals surface area contributed by atoms with Gasteiger partial charge in [0.1, 0.15) is 0 Å². The van der Waals surface area contributed by atoms with Crippen molar-refractivity contribution in [2.75, 3.05) is 0 Å². The third-order valence-electron chi connectivity index (χ3n) is 2.88. The Morgan fingerprint density at radius 3 is 1.80 bits per heavy atom. The molecule has 0 aromatic rings. The first-order chi connectivity index (χ1) is 7.20. The Morgan fingerprint density at radius 2 is 1.47 bits per heavy atom. The smallest absolute Gasteiger partial charge is 0.221 e. The number of unbranched alkanes of at least 4 members (excludes halogenated alkanes) is 4. The van der Waals surface area contributed by atoms with Crippen LogP contribution in [0.25, 0.3) is 0 Å². The molecule has 0 heterocycles. The molecule has 0 aliphatic heterocycles. The summed E-state index contributed by atoms with van der Waals surface area (Å²) in [5.41, 5.74) is 0. The minimum atomic E-state index is -0.159.